The van der Waals surface area contributed by atoms with Crippen molar-refractivity contribution in [2.75, 3.05) is 13.1 Å². The number of nitrogens with zero attached hydrogens (tertiary/aromatic N) is 3. The van der Waals surface area contributed by atoms with E-state index in [2.05, 4.69) is 20.5 Å². The minimum absolute atomic E-state index is 0.0606. The SMILES string of the molecule is O=C(NCc1ccccc1Cl)[C@H]1CCCN(C(=O)c2cc(-c3ccncc3)n[nH]2)C1. The number of aromatic nitrogens is 3. The van der Waals surface area contributed by atoms with Gasteiger partial charge in [-0.2, -0.15) is 5.10 Å². The van der Waals surface area contributed by atoms with Crippen LogP contribution in [0.15, 0.2) is 54.9 Å². The number of halogens is 1. The highest BCUT2D eigenvalue weighted by molar-refractivity contribution is 6.31. The zero-order valence-corrected chi connectivity index (χ0v) is 17.1. The Hall–Kier alpha value is -3.19. The summed E-state index contributed by atoms with van der Waals surface area (Å²) in [6.07, 6.45) is 4.90. The maximum atomic E-state index is 12.9. The third-order valence-corrected chi connectivity index (χ3v) is 5.64. The summed E-state index contributed by atoms with van der Waals surface area (Å²) in [4.78, 5) is 31.3. The third kappa shape index (κ3) is 4.52. The van der Waals surface area contributed by atoms with Crippen molar-refractivity contribution < 1.29 is 9.59 Å². The second-order valence-corrected chi connectivity index (χ2v) is 7.71. The topological polar surface area (TPSA) is 91.0 Å². The summed E-state index contributed by atoms with van der Waals surface area (Å²) in [7, 11) is 0. The Bertz CT molecular complexity index is 1040. The van der Waals surface area contributed by atoms with Crippen LogP contribution in [0.4, 0.5) is 0 Å². The number of benzene rings is 1. The van der Waals surface area contributed by atoms with Crippen LogP contribution in [0.3, 0.4) is 0 Å². The van der Waals surface area contributed by atoms with E-state index in [9.17, 15) is 9.59 Å². The largest absolute Gasteiger partial charge is 0.352 e. The summed E-state index contributed by atoms with van der Waals surface area (Å²) in [5.74, 6) is -0.450. The molecule has 1 saturated heterocycles. The highest BCUT2D eigenvalue weighted by Gasteiger charge is 2.29. The average molecular weight is 424 g/mol. The third-order valence-electron chi connectivity index (χ3n) is 5.27. The second kappa shape index (κ2) is 9.09. The Morgan fingerprint density at radius 3 is 2.80 bits per heavy atom. The number of H-pyrrole nitrogens is 1. The molecule has 3 heterocycles. The molecule has 1 fully saturated rings. The van der Waals surface area contributed by atoms with Gasteiger partial charge in [-0.3, -0.25) is 19.7 Å². The number of hydrogen-bond donors (Lipinski definition) is 2. The predicted molar refractivity (Wildman–Crippen MR) is 114 cm³/mol. The fourth-order valence-electron chi connectivity index (χ4n) is 3.62. The monoisotopic (exact) mass is 423 g/mol. The molecule has 0 radical (unpaired) electrons. The number of piperidine rings is 1. The van der Waals surface area contributed by atoms with Gasteiger partial charge in [0.25, 0.3) is 5.91 Å². The quantitative estimate of drug-likeness (QED) is 0.658. The van der Waals surface area contributed by atoms with Crippen molar-refractivity contribution in [2.24, 2.45) is 5.92 Å². The predicted octanol–water partition coefficient (Wildman–Crippen LogP) is 3.29. The molecule has 154 valence electrons. The summed E-state index contributed by atoms with van der Waals surface area (Å²) >= 11 is 6.16. The number of carbonyl (C=O) groups is 2. The van der Waals surface area contributed by atoms with E-state index in [1.54, 1.807) is 29.4 Å². The smallest absolute Gasteiger partial charge is 0.271 e. The molecule has 1 aliphatic heterocycles. The van der Waals surface area contributed by atoms with Gasteiger partial charge in [-0.05, 0) is 42.7 Å². The van der Waals surface area contributed by atoms with Gasteiger partial charge in [0, 0.05) is 42.6 Å². The molecule has 0 spiro atoms. The van der Waals surface area contributed by atoms with Gasteiger partial charge >= 0.3 is 0 Å². The molecule has 2 amide bonds. The van der Waals surface area contributed by atoms with Crippen LogP contribution in [-0.4, -0.2) is 45.0 Å². The fraction of sp³-hybridized carbons (Fsp3) is 0.273. The number of carbonyl (C=O) groups excluding carboxylic acids is 2. The van der Waals surface area contributed by atoms with E-state index in [1.807, 2.05) is 30.3 Å². The van der Waals surface area contributed by atoms with Gasteiger partial charge in [0.2, 0.25) is 5.91 Å². The van der Waals surface area contributed by atoms with Gasteiger partial charge in [-0.1, -0.05) is 29.8 Å². The molecule has 1 aromatic carbocycles. The standard InChI is InChI=1S/C22H22ClN5O2/c23-18-6-2-1-4-16(18)13-25-21(29)17-5-3-11-28(14-17)22(30)20-12-19(26-27-20)15-7-9-24-10-8-15/h1-2,4,6-10,12,17H,3,5,11,13-14H2,(H,25,29)(H,26,27)/t17-/m0/s1. The van der Waals surface area contributed by atoms with Crippen LogP contribution in [-0.2, 0) is 11.3 Å². The van der Waals surface area contributed by atoms with Gasteiger partial charge in [0.15, 0.2) is 0 Å². The number of pyridine rings is 1. The van der Waals surface area contributed by atoms with Crippen LogP contribution in [0.1, 0.15) is 28.9 Å². The van der Waals surface area contributed by atoms with Gasteiger partial charge in [0.1, 0.15) is 5.69 Å². The first kappa shape index (κ1) is 20.1. The lowest BCUT2D eigenvalue weighted by molar-refractivity contribution is -0.126. The first-order chi connectivity index (χ1) is 14.6. The maximum Gasteiger partial charge on any atom is 0.271 e. The summed E-state index contributed by atoms with van der Waals surface area (Å²) in [6, 6.07) is 12.8. The average Bonchev–Trinajstić information content (AvgIpc) is 3.29. The first-order valence-electron chi connectivity index (χ1n) is 9.88. The molecule has 3 aromatic rings. The molecule has 2 N–H and O–H groups in total. The highest BCUT2D eigenvalue weighted by atomic mass is 35.5. The van der Waals surface area contributed by atoms with Crippen LogP contribution in [0, 0.1) is 5.92 Å². The Morgan fingerprint density at radius 1 is 1.20 bits per heavy atom. The van der Waals surface area contributed by atoms with E-state index in [4.69, 9.17) is 11.6 Å². The molecule has 0 bridgehead atoms. The van der Waals surface area contributed by atoms with E-state index in [0.717, 1.165) is 24.0 Å². The van der Waals surface area contributed by atoms with Crippen molar-refractivity contribution in [1.82, 2.24) is 25.4 Å². The fourth-order valence-corrected chi connectivity index (χ4v) is 3.82. The van der Waals surface area contributed by atoms with Crippen molar-refractivity contribution in [1.29, 1.82) is 0 Å². The minimum atomic E-state index is -0.243. The summed E-state index contributed by atoms with van der Waals surface area (Å²) in [5, 5.41) is 10.6. The maximum absolute atomic E-state index is 12.9. The lowest BCUT2D eigenvalue weighted by Gasteiger charge is -2.31. The molecule has 7 nitrogen and oxygen atoms in total. The van der Waals surface area contributed by atoms with Crippen LogP contribution in [0.5, 0.6) is 0 Å². The van der Waals surface area contributed by atoms with Gasteiger partial charge in [-0.15, -0.1) is 0 Å². The number of nitrogens with one attached hydrogen (secondary N) is 2. The second-order valence-electron chi connectivity index (χ2n) is 7.30. The van der Waals surface area contributed by atoms with E-state index >= 15 is 0 Å². The molecule has 0 aliphatic carbocycles. The molecule has 2 aromatic heterocycles. The van der Waals surface area contributed by atoms with E-state index in [0.29, 0.717) is 36.0 Å². The Labute approximate surface area is 179 Å². The lowest BCUT2D eigenvalue weighted by Crippen LogP contribution is -2.45. The summed E-state index contributed by atoms with van der Waals surface area (Å²) < 4.78 is 0. The number of amides is 2. The highest BCUT2D eigenvalue weighted by Crippen LogP contribution is 2.22. The van der Waals surface area contributed by atoms with Crippen LogP contribution in [0.2, 0.25) is 5.02 Å². The van der Waals surface area contributed by atoms with Crippen molar-refractivity contribution in [3.05, 3.63) is 71.1 Å². The van der Waals surface area contributed by atoms with Crippen molar-refractivity contribution >= 4 is 23.4 Å². The number of hydrogen-bond acceptors (Lipinski definition) is 4. The Balaban J connectivity index is 1.37. The summed E-state index contributed by atoms with van der Waals surface area (Å²) in [6.45, 7) is 1.38. The molecule has 1 aliphatic rings. The normalized spacial score (nSPS) is 16.3. The van der Waals surface area contributed by atoms with Gasteiger partial charge in [-0.25, -0.2) is 0 Å². The molecular formula is C22H22ClN5O2. The number of likely N-dealkylation sites (tertiary alicyclic amines) is 1. The van der Waals surface area contributed by atoms with Crippen molar-refractivity contribution in [3.8, 4) is 11.3 Å². The molecule has 1 atom stereocenters. The Morgan fingerprint density at radius 2 is 2.00 bits per heavy atom. The molecule has 0 unspecified atom stereocenters. The van der Waals surface area contributed by atoms with Crippen molar-refractivity contribution in [2.45, 2.75) is 19.4 Å². The van der Waals surface area contributed by atoms with Crippen LogP contribution in [0.25, 0.3) is 11.3 Å². The Kier molecular flexibility index (Phi) is 6.09. The minimum Gasteiger partial charge on any atom is -0.352 e. The van der Waals surface area contributed by atoms with Gasteiger partial charge in [0.05, 0.1) is 11.6 Å². The van der Waals surface area contributed by atoms with E-state index in [-0.39, 0.29) is 17.7 Å². The molecule has 0 saturated carbocycles. The molecule has 4 rings (SSSR count). The van der Waals surface area contributed by atoms with E-state index < -0.39 is 0 Å². The summed E-state index contributed by atoms with van der Waals surface area (Å²) in [5.41, 5.74) is 2.86. The zero-order chi connectivity index (χ0) is 20.9. The number of aromatic amines is 1. The van der Waals surface area contributed by atoms with Gasteiger partial charge < -0.3 is 10.2 Å². The van der Waals surface area contributed by atoms with Crippen LogP contribution < -0.4 is 5.32 Å². The first-order valence-corrected chi connectivity index (χ1v) is 10.3. The van der Waals surface area contributed by atoms with Crippen molar-refractivity contribution in [3.63, 3.8) is 0 Å². The molecule has 30 heavy (non-hydrogen) atoms. The molecule has 8 heteroatoms. The van der Waals surface area contributed by atoms with Crippen LogP contribution >= 0.6 is 11.6 Å². The van der Waals surface area contributed by atoms with E-state index in [1.165, 1.54) is 0 Å². The molecular weight excluding hydrogens is 402 g/mol. The lowest BCUT2D eigenvalue weighted by atomic mass is 9.96. The number of rotatable bonds is 5. The zero-order valence-electron chi connectivity index (χ0n) is 16.3.